The zero-order chi connectivity index (χ0) is 20.0. The molecule has 0 amide bonds. The van der Waals surface area contributed by atoms with Gasteiger partial charge in [0, 0.05) is 17.2 Å². The van der Waals surface area contributed by atoms with E-state index in [2.05, 4.69) is 40.4 Å². The van der Waals surface area contributed by atoms with Crippen molar-refractivity contribution in [3.63, 3.8) is 0 Å². The van der Waals surface area contributed by atoms with Crippen molar-refractivity contribution in [3.05, 3.63) is 29.8 Å². The molecule has 1 aromatic rings. The van der Waals surface area contributed by atoms with Gasteiger partial charge in [-0.15, -0.1) is 0 Å². The van der Waals surface area contributed by atoms with Crippen molar-refractivity contribution in [2.24, 2.45) is 5.92 Å². The molecule has 1 fully saturated rings. The summed E-state index contributed by atoms with van der Waals surface area (Å²) in [5, 5.41) is -0.000369. The van der Waals surface area contributed by atoms with Crippen LogP contribution < -0.4 is 14.2 Å². The number of benzene rings is 1. The van der Waals surface area contributed by atoms with Crippen LogP contribution in [0.3, 0.4) is 0 Å². The lowest BCUT2D eigenvalue weighted by Gasteiger charge is -2.41. The summed E-state index contributed by atoms with van der Waals surface area (Å²) >= 11 is 0. The Hall–Kier alpha value is -1.99. The van der Waals surface area contributed by atoms with Crippen LogP contribution in [0.1, 0.15) is 32.4 Å². The van der Waals surface area contributed by atoms with E-state index < -0.39 is 14.4 Å². The molecule has 0 aliphatic carbocycles. The molecule has 0 spiro atoms. The zero-order valence-electron chi connectivity index (χ0n) is 16.9. The first-order valence-corrected chi connectivity index (χ1v) is 12.0. The number of cyclic esters (lactones) is 1. The second-order valence-corrected chi connectivity index (χ2v) is 13.2. The molecule has 148 valence electrons. The molecule has 27 heavy (non-hydrogen) atoms. The number of methoxy groups -OCH3 is 1. The molecule has 7 heteroatoms. The zero-order valence-corrected chi connectivity index (χ0v) is 17.9. The molecule has 1 saturated heterocycles. The number of hydrogen-bond donors (Lipinski definition) is 0. The molecule has 2 atom stereocenters. The van der Waals surface area contributed by atoms with Gasteiger partial charge >= 0.3 is 5.97 Å². The number of fused-ring (bicyclic) bond motifs is 1. The maximum atomic E-state index is 12.0. The maximum absolute atomic E-state index is 12.0. The normalized spacial score (nSPS) is 20.6. The van der Waals surface area contributed by atoms with Crippen molar-refractivity contribution in [2.45, 2.75) is 45.0 Å². The predicted octanol–water partition coefficient (Wildman–Crippen LogP) is 4.22. The van der Waals surface area contributed by atoms with Gasteiger partial charge in [-0.05, 0) is 24.2 Å². The molecular formula is C20H28O6Si. The summed E-state index contributed by atoms with van der Waals surface area (Å²) in [4.78, 5) is 12.0. The lowest BCUT2D eigenvalue weighted by atomic mass is 9.91. The first-order chi connectivity index (χ1) is 12.5. The second kappa shape index (κ2) is 6.87. The van der Waals surface area contributed by atoms with Crippen molar-refractivity contribution in [1.29, 1.82) is 0 Å². The van der Waals surface area contributed by atoms with Crippen LogP contribution in [-0.4, -0.2) is 34.8 Å². The summed E-state index contributed by atoms with van der Waals surface area (Å²) < 4.78 is 28.6. The fourth-order valence-electron chi connectivity index (χ4n) is 2.97. The average molecular weight is 393 g/mol. The lowest BCUT2D eigenvalue weighted by molar-refractivity contribution is -0.135. The Bertz CT molecular complexity index is 764. The standard InChI is InChI=1S/C20H28O6Si/c1-12-14(10-23-19(12)21)18(26-27(6,7)20(2,3)4)13-8-16-17(25-11-24-16)9-15(13)22-5/h8-9,14,18H,1,10-11H2,2-7H3/t14-,18?/m0/s1. The monoisotopic (exact) mass is 392 g/mol. The van der Waals surface area contributed by atoms with E-state index >= 15 is 0 Å². The van der Waals surface area contributed by atoms with E-state index in [1.165, 1.54) is 0 Å². The van der Waals surface area contributed by atoms with Gasteiger partial charge in [-0.2, -0.15) is 0 Å². The van der Waals surface area contributed by atoms with E-state index in [0.717, 1.165) is 5.56 Å². The van der Waals surface area contributed by atoms with Gasteiger partial charge in [-0.25, -0.2) is 4.79 Å². The smallest absolute Gasteiger partial charge is 0.333 e. The summed E-state index contributed by atoms with van der Waals surface area (Å²) in [5.74, 6) is 1.27. The topological polar surface area (TPSA) is 63.2 Å². The molecule has 0 bridgehead atoms. The van der Waals surface area contributed by atoms with Gasteiger partial charge in [0.2, 0.25) is 6.79 Å². The Kier molecular flexibility index (Phi) is 5.03. The largest absolute Gasteiger partial charge is 0.496 e. The highest BCUT2D eigenvalue weighted by molar-refractivity contribution is 6.74. The van der Waals surface area contributed by atoms with E-state index in [1.54, 1.807) is 13.2 Å². The third kappa shape index (κ3) is 3.58. The summed E-state index contributed by atoms with van der Waals surface area (Å²) in [5.41, 5.74) is 1.24. The van der Waals surface area contributed by atoms with Crippen LogP contribution in [0.25, 0.3) is 0 Å². The Labute approximate surface area is 161 Å². The fraction of sp³-hybridized carbons (Fsp3) is 0.550. The third-order valence-electron chi connectivity index (χ3n) is 5.73. The summed E-state index contributed by atoms with van der Waals surface area (Å²) in [6.45, 7) is 15.3. The quantitative estimate of drug-likeness (QED) is 0.425. The third-order valence-corrected chi connectivity index (χ3v) is 10.2. The van der Waals surface area contributed by atoms with Crippen molar-refractivity contribution < 1.29 is 28.2 Å². The molecule has 2 heterocycles. The van der Waals surface area contributed by atoms with Crippen molar-refractivity contribution >= 4 is 14.3 Å². The molecule has 0 N–H and O–H groups in total. The van der Waals surface area contributed by atoms with Crippen LogP contribution in [0.5, 0.6) is 17.2 Å². The molecule has 2 aliphatic rings. The van der Waals surface area contributed by atoms with Crippen LogP contribution in [0.4, 0.5) is 0 Å². The van der Waals surface area contributed by atoms with E-state index in [1.807, 2.05) is 6.07 Å². The summed E-state index contributed by atoms with van der Waals surface area (Å²) in [6.07, 6.45) is -0.422. The van der Waals surface area contributed by atoms with Gasteiger partial charge in [-0.3, -0.25) is 0 Å². The van der Waals surface area contributed by atoms with Gasteiger partial charge in [0.15, 0.2) is 19.8 Å². The minimum Gasteiger partial charge on any atom is -0.496 e. The first kappa shape index (κ1) is 19.8. The van der Waals surface area contributed by atoms with Crippen LogP contribution in [0.2, 0.25) is 18.1 Å². The number of rotatable bonds is 5. The summed E-state index contributed by atoms with van der Waals surface area (Å²) in [6, 6.07) is 3.69. The Balaban J connectivity index is 2.08. The van der Waals surface area contributed by atoms with Crippen molar-refractivity contribution in [3.8, 4) is 17.2 Å². The number of hydrogen-bond acceptors (Lipinski definition) is 6. The Morgan fingerprint density at radius 3 is 2.33 bits per heavy atom. The van der Waals surface area contributed by atoms with Crippen molar-refractivity contribution in [2.75, 3.05) is 20.5 Å². The minimum absolute atomic E-state index is 0.000369. The highest BCUT2D eigenvalue weighted by atomic mass is 28.4. The summed E-state index contributed by atoms with van der Waals surface area (Å²) in [7, 11) is -0.560. The SMILES string of the molecule is C=C1C(=O)OC[C@@H]1C(O[Si](C)(C)C(C)(C)C)c1cc2c(cc1OC)OCO2. The van der Waals surface area contributed by atoms with E-state index in [-0.39, 0.29) is 30.3 Å². The van der Waals surface area contributed by atoms with Crippen LogP contribution in [0, 0.1) is 5.92 Å². The number of ether oxygens (including phenoxy) is 4. The van der Waals surface area contributed by atoms with E-state index in [9.17, 15) is 4.79 Å². The van der Waals surface area contributed by atoms with E-state index in [0.29, 0.717) is 22.8 Å². The van der Waals surface area contributed by atoms with Gasteiger partial charge in [0.1, 0.15) is 12.4 Å². The highest BCUT2D eigenvalue weighted by Crippen LogP contribution is 2.48. The highest BCUT2D eigenvalue weighted by Gasteiger charge is 2.45. The molecule has 3 rings (SSSR count). The average Bonchev–Trinajstić information content (AvgIpc) is 3.17. The molecule has 6 nitrogen and oxygen atoms in total. The van der Waals surface area contributed by atoms with Gasteiger partial charge in [0.25, 0.3) is 0 Å². The molecule has 1 aromatic carbocycles. The Morgan fingerprint density at radius 1 is 1.19 bits per heavy atom. The molecule has 1 unspecified atom stereocenters. The molecule has 0 aromatic heterocycles. The molecular weight excluding hydrogens is 364 g/mol. The lowest BCUT2D eigenvalue weighted by Crippen LogP contribution is -2.43. The minimum atomic E-state index is -2.17. The second-order valence-electron chi connectivity index (χ2n) is 8.48. The number of carbonyl (C=O) groups is 1. The van der Waals surface area contributed by atoms with Crippen LogP contribution >= 0.6 is 0 Å². The first-order valence-electron chi connectivity index (χ1n) is 9.06. The van der Waals surface area contributed by atoms with Crippen LogP contribution in [-0.2, 0) is 14.0 Å². The Morgan fingerprint density at radius 2 is 1.81 bits per heavy atom. The molecule has 0 saturated carbocycles. The number of esters is 1. The van der Waals surface area contributed by atoms with Crippen LogP contribution in [0.15, 0.2) is 24.3 Å². The van der Waals surface area contributed by atoms with Gasteiger partial charge in [0.05, 0.1) is 19.1 Å². The predicted molar refractivity (Wildman–Crippen MR) is 104 cm³/mol. The maximum Gasteiger partial charge on any atom is 0.333 e. The molecule has 0 radical (unpaired) electrons. The molecule has 2 aliphatic heterocycles. The fourth-order valence-corrected chi connectivity index (χ4v) is 4.25. The number of carbonyl (C=O) groups excluding carboxylic acids is 1. The van der Waals surface area contributed by atoms with Gasteiger partial charge < -0.3 is 23.4 Å². The van der Waals surface area contributed by atoms with Gasteiger partial charge in [-0.1, -0.05) is 27.4 Å². The van der Waals surface area contributed by atoms with E-state index in [4.69, 9.17) is 23.4 Å². The van der Waals surface area contributed by atoms with Crippen molar-refractivity contribution in [1.82, 2.24) is 0 Å².